The molecule has 1 heterocycles. The highest BCUT2D eigenvalue weighted by Gasteiger charge is 2.24. The number of hydrogen-bond donors (Lipinski definition) is 1. The minimum Gasteiger partial charge on any atom is -0.493 e. The molecule has 3 nitrogen and oxygen atoms in total. The van der Waals surface area contributed by atoms with Crippen molar-refractivity contribution in [3.63, 3.8) is 0 Å². The fourth-order valence-corrected chi connectivity index (χ4v) is 2.13. The first-order valence-electron chi connectivity index (χ1n) is 5.78. The molecule has 3 heteroatoms. The summed E-state index contributed by atoms with van der Waals surface area (Å²) in [6.07, 6.45) is 1.01. The van der Waals surface area contributed by atoms with E-state index in [4.69, 9.17) is 9.47 Å². The predicted molar refractivity (Wildman–Crippen MR) is 64.1 cm³/mol. The lowest BCUT2D eigenvalue weighted by Gasteiger charge is -2.29. The Bertz CT molecular complexity index is 363. The van der Waals surface area contributed by atoms with Crippen LogP contribution in [0.25, 0.3) is 0 Å². The van der Waals surface area contributed by atoms with Crippen molar-refractivity contribution in [2.75, 3.05) is 13.7 Å². The maximum atomic E-state index is 5.69. The van der Waals surface area contributed by atoms with Gasteiger partial charge in [0.2, 0.25) is 0 Å². The van der Waals surface area contributed by atoms with E-state index in [0.717, 1.165) is 24.5 Å². The predicted octanol–water partition coefficient (Wildman–Crippen LogP) is 2.52. The molecule has 1 aliphatic heterocycles. The van der Waals surface area contributed by atoms with E-state index >= 15 is 0 Å². The summed E-state index contributed by atoms with van der Waals surface area (Å²) in [5, 5.41) is 3.55. The van der Waals surface area contributed by atoms with Crippen LogP contribution >= 0.6 is 0 Å². The smallest absolute Gasteiger partial charge is 0.165 e. The number of ether oxygens (including phenoxy) is 2. The van der Waals surface area contributed by atoms with Gasteiger partial charge in [0.05, 0.1) is 13.7 Å². The fraction of sp³-hybridized carbons (Fsp3) is 0.538. The molecule has 1 N–H and O–H groups in total. The normalized spacial score (nSPS) is 19.1. The number of para-hydroxylation sites is 1. The largest absolute Gasteiger partial charge is 0.493 e. The molecule has 0 saturated carbocycles. The highest BCUT2D eigenvalue weighted by molar-refractivity contribution is 5.49. The standard InChI is InChI=1S/C13H19NO2/c1-9(2)14-11-7-8-16-13-10(11)5-4-6-12(13)15-3/h4-6,9,11,14H,7-8H2,1-3H3. The lowest BCUT2D eigenvalue weighted by molar-refractivity contribution is 0.235. The molecule has 0 aliphatic carbocycles. The number of hydrogen-bond acceptors (Lipinski definition) is 3. The van der Waals surface area contributed by atoms with E-state index in [-0.39, 0.29) is 0 Å². The summed E-state index contributed by atoms with van der Waals surface area (Å²) >= 11 is 0. The Morgan fingerprint density at radius 2 is 2.25 bits per heavy atom. The molecule has 0 saturated heterocycles. The minimum absolute atomic E-state index is 0.374. The molecule has 1 aromatic carbocycles. The van der Waals surface area contributed by atoms with Crippen molar-refractivity contribution < 1.29 is 9.47 Å². The monoisotopic (exact) mass is 221 g/mol. The SMILES string of the molecule is COc1cccc2c1OCCC2NC(C)C. The molecule has 0 bridgehead atoms. The van der Waals surface area contributed by atoms with Gasteiger partial charge in [-0.3, -0.25) is 0 Å². The lowest BCUT2D eigenvalue weighted by atomic mass is 9.99. The van der Waals surface area contributed by atoms with Gasteiger partial charge in [-0.1, -0.05) is 26.0 Å². The van der Waals surface area contributed by atoms with Gasteiger partial charge < -0.3 is 14.8 Å². The number of fused-ring (bicyclic) bond motifs is 1. The van der Waals surface area contributed by atoms with Crippen LogP contribution in [-0.2, 0) is 0 Å². The summed E-state index contributed by atoms with van der Waals surface area (Å²) < 4.78 is 11.0. The third-order valence-corrected chi connectivity index (χ3v) is 2.79. The number of methoxy groups -OCH3 is 1. The molecule has 1 atom stereocenters. The first-order chi connectivity index (χ1) is 7.72. The second-order valence-corrected chi connectivity index (χ2v) is 4.39. The molecule has 0 aromatic heterocycles. The van der Waals surface area contributed by atoms with Crippen molar-refractivity contribution in [1.29, 1.82) is 0 Å². The summed E-state index contributed by atoms with van der Waals surface area (Å²) in [6.45, 7) is 5.07. The molecule has 1 aliphatic rings. The van der Waals surface area contributed by atoms with Gasteiger partial charge in [0.1, 0.15) is 0 Å². The van der Waals surface area contributed by atoms with Gasteiger partial charge in [-0.15, -0.1) is 0 Å². The molecule has 1 unspecified atom stereocenters. The average molecular weight is 221 g/mol. The molecule has 0 spiro atoms. The quantitative estimate of drug-likeness (QED) is 0.850. The zero-order chi connectivity index (χ0) is 11.5. The fourth-order valence-electron chi connectivity index (χ4n) is 2.13. The second-order valence-electron chi connectivity index (χ2n) is 4.39. The Kier molecular flexibility index (Phi) is 3.34. The van der Waals surface area contributed by atoms with Gasteiger partial charge in [0, 0.05) is 24.1 Å². The Balaban J connectivity index is 2.31. The maximum Gasteiger partial charge on any atom is 0.165 e. The molecule has 1 aromatic rings. The van der Waals surface area contributed by atoms with Crippen LogP contribution in [0.15, 0.2) is 18.2 Å². The molecule has 16 heavy (non-hydrogen) atoms. The molecule has 0 radical (unpaired) electrons. The van der Waals surface area contributed by atoms with Gasteiger partial charge in [0.15, 0.2) is 11.5 Å². The average Bonchev–Trinajstić information content (AvgIpc) is 2.28. The third-order valence-electron chi connectivity index (χ3n) is 2.79. The van der Waals surface area contributed by atoms with Crippen LogP contribution < -0.4 is 14.8 Å². The Hall–Kier alpha value is -1.22. The van der Waals surface area contributed by atoms with E-state index in [1.807, 2.05) is 12.1 Å². The van der Waals surface area contributed by atoms with E-state index in [1.165, 1.54) is 5.56 Å². The first-order valence-corrected chi connectivity index (χ1v) is 5.78. The van der Waals surface area contributed by atoms with Crippen molar-refractivity contribution in [2.45, 2.75) is 32.4 Å². The van der Waals surface area contributed by atoms with Crippen LogP contribution in [0.4, 0.5) is 0 Å². The molecule has 2 rings (SSSR count). The third kappa shape index (κ3) is 2.14. The Morgan fingerprint density at radius 1 is 1.44 bits per heavy atom. The maximum absolute atomic E-state index is 5.69. The summed E-state index contributed by atoms with van der Waals surface area (Å²) in [6, 6.07) is 6.91. The van der Waals surface area contributed by atoms with Crippen LogP contribution in [0.5, 0.6) is 11.5 Å². The van der Waals surface area contributed by atoms with Gasteiger partial charge in [-0.2, -0.15) is 0 Å². The summed E-state index contributed by atoms with van der Waals surface area (Å²) in [5.74, 6) is 1.72. The number of nitrogens with one attached hydrogen (secondary N) is 1. The zero-order valence-electron chi connectivity index (χ0n) is 10.1. The van der Waals surface area contributed by atoms with Gasteiger partial charge >= 0.3 is 0 Å². The van der Waals surface area contributed by atoms with Crippen LogP contribution in [0.2, 0.25) is 0 Å². The second kappa shape index (κ2) is 4.74. The highest BCUT2D eigenvalue weighted by Crippen LogP contribution is 2.39. The molecule has 0 amide bonds. The van der Waals surface area contributed by atoms with E-state index in [2.05, 4.69) is 25.2 Å². The van der Waals surface area contributed by atoms with Crippen molar-refractivity contribution >= 4 is 0 Å². The first kappa shape index (κ1) is 11.3. The Labute approximate surface area is 96.8 Å². The van der Waals surface area contributed by atoms with Crippen molar-refractivity contribution in [3.8, 4) is 11.5 Å². The van der Waals surface area contributed by atoms with Crippen molar-refractivity contribution in [2.24, 2.45) is 0 Å². The van der Waals surface area contributed by atoms with E-state index in [1.54, 1.807) is 7.11 Å². The summed E-state index contributed by atoms with van der Waals surface area (Å²) in [7, 11) is 1.68. The molecule has 0 fully saturated rings. The van der Waals surface area contributed by atoms with Crippen LogP contribution in [0.1, 0.15) is 31.9 Å². The van der Waals surface area contributed by atoms with Gasteiger partial charge in [-0.25, -0.2) is 0 Å². The zero-order valence-corrected chi connectivity index (χ0v) is 10.1. The van der Waals surface area contributed by atoms with Crippen LogP contribution in [0.3, 0.4) is 0 Å². The number of benzene rings is 1. The lowest BCUT2D eigenvalue weighted by Crippen LogP contribution is -2.32. The van der Waals surface area contributed by atoms with Crippen LogP contribution in [0, 0.1) is 0 Å². The summed E-state index contributed by atoms with van der Waals surface area (Å²) in [5.41, 5.74) is 1.21. The minimum atomic E-state index is 0.374. The number of rotatable bonds is 3. The topological polar surface area (TPSA) is 30.5 Å². The van der Waals surface area contributed by atoms with Gasteiger partial charge in [-0.05, 0) is 6.07 Å². The highest BCUT2D eigenvalue weighted by atomic mass is 16.5. The van der Waals surface area contributed by atoms with E-state index in [9.17, 15) is 0 Å². The molecular weight excluding hydrogens is 202 g/mol. The van der Waals surface area contributed by atoms with Crippen molar-refractivity contribution in [1.82, 2.24) is 5.32 Å². The van der Waals surface area contributed by atoms with E-state index in [0.29, 0.717) is 12.1 Å². The molecule has 88 valence electrons. The summed E-state index contributed by atoms with van der Waals surface area (Å²) in [4.78, 5) is 0. The Morgan fingerprint density at radius 3 is 2.94 bits per heavy atom. The van der Waals surface area contributed by atoms with E-state index < -0.39 is 0 Å². The van der Waals surface area contributed by atoms with Gasteiger partial charge in [0.25, 0.3) is 0 Å². The molecular formula is C13H19NO2. The van der Waals surface area contributed by atoms with Crippen LogP contribution in [-0.4, -0.2) is 19.8 Å². The van der Waals surface area contributed by atoms with Crippen molar-refractivity contribution in [3.05, 3.63) is 23.8 Å².